The van der Waals surface area contributed by atoms with Crippen LogP contribution < -0.4 is 0 Å². The quantitative estimate of drug-likeness (QED) is 0.647. The zero-order valence-electron chi connectivity index (χ0n) is 12.0. The zero-order chi connectivity index (χ0) is 15.9. The van der Waals surface area contributed by atoms with E-state index in [1.54, 1.807) is 17.8 Å². The molecule has 0 spiro atoms. The molecule has 2 atom stereocenters. The smallest absolute Gasteiger partial charge is 0.352 e. The summed E-state index contributed by atoms with van der Waals surface area (Å²) in [6, 6.07) is 0. The predicted octanol–water partition coefficient (Wildman–Crippen LogP) is 1.22. The van der Waals surface area contributed by atoms with E-state index in [4.69, 9.17) is 0 Å². The highest BCUT2D eigenvalue weighted by Crippen LogP contribution is 2.41. The topological polar surface area (TPSA) is 96.3 Å². The number of carboxylic acid groups (broad SMARTS) is 1. The lowest BCUT2D eigenvalue weighted by molar-refractivity contribution is -0.146. The van der Waals surface area contributed by atoms with Crippen molar-refractivity contribution in [3.63, 3.8) is 0 Å². The summed E-state index contributed by atoms with van der Waals surface area (Å²) in [6.07, 6.45) is 2.04. The van der Waals surface area contributed by atoms with Gasteiger partial charge in [0.15, 0.2) is 0 Å². The molecule has 0 aliphatic carbocycles. The van der Waals surface area contributed by atoms with Crippen LogP contribution in [0.1, 0.15) is 17.8 Å². The van der Waals surface area contributed by atoms with Crippen molar-refractivity contribution < 1.29 is 14.7 Å². The first-order valence-corrected chi connectivity index (χ1v) is 8.62. The van der Waals surface area contributed by atoms with Crippen molar-refractivity contribution in [3.8, 4) is 0 Å². The summed E-state index contributed by atoms with van der Waals surface area (Å²) in [5, 5.41) is 17.8. The molecule has 1 unspecified atom stereocenters. The molecule has 2 aliphatic rings. The predicted molar refractivity (Wildman–Crippen MR) is 82.4 cm³/mol. The van der Waals surface area contributed by atoms with E-state index in [2.05, 4.69) is 15.2 Å². The number of carbonyl (C=O) groups excluding carboxylic acids is 1. The van der Waals surface area contributed by atoms with Crippen LogP contribution in [0.5, 0.6) is 0 Å². The van der Waals surface area contributed by atoms with E-state index in [0.29, 0.717) is 17.3 Å². The SMILES string of the molecule is Cc1nnc(SCC2C=C(C(=O)O)N3C(=O)C[C@H]3S2)nc1C. The van der Waals surface area contributed by atoms with E-state index in [9.17, 15) is 14.7 Å². The third-order valence-corrected chi connectivity index (χ3v) is 6.02. The number of nitrogens with zero attached hydrogens (tertiary/aromatic N) is 4. The first kappa shape index (κ1) is 15.3. The maximum absolute atomic E-state index is 11.5. The molecule has 1 saturated heterocycles. The Kier molecular flexibility index (Phi) is 4.09. The molecule has 3 rings (SSSR count). The number of rotatable bonds is 4. The Bertz CT molecular complexity index is 679. The minimum atomic E-state index is -1.06. The summed E-state index contributed by atoms with van der Waals surface area (Å²) < 4.78 is 0. The van der Waals surface area contributed by atoms with Crippen molar-refractivity contribution in [2.45, 2.75) is 36.0 Å². The van der Waals surface area contributed by atoms with E-state index in [1.807, 2.05) is 13.8 Å². The van der Waals surface area contributed by atoms with Gasteiger partial charge in [-0.3, -0.25) is 9.69 Å². The van der Waals surface area contributed by atoms with Gasteiger partial charge in [0, 0.05) is 11.0 Å². The van der Waals surface area contributed by atoms with Crippen molar-refractivity contribution in [1.82, 2.24) is 20.1 Å². The maximum atomic E-state index is 11.5. The van der Waals surface area contributed by atoms with Crippen LogP contribution in [0, 0.1) is 13.8 Å². The molecule has 0 aromatic carbocycles. The molecule has 0 radical (unpaired) electrons. The maximum Gasteiger partial charge on any atom is 0.352 e. The Hall–Kier alpha value is -1.61. The average molecular weight is 338 g/mol. The number of amides is 1. The lowest BCUT2D eigenvalue weighted by atomic mass is 10.1. The number of aromatic nitrogens is 3. The summed E-state index contributed by atoms with van der Waals surface area (Å²) in [5.74, 6) is -0.541. The fraction of sp³-hybridized carbons (Fsp3) is 0.462. The van der Waals surface area contributed by atoms with Crippen molar-refractivity contribution in [2.24, 2.45) is 0 Å². The van der Waals surface area contributed by atoms with Gasteiger partial charge in [-0.1, -0.05) is 11.8 Å². The van der Waals surface area contributed by atoms with Gasteiger partial charge in [-0.25, -0.2) is 9.78 Å². The number of β-lactam (4-membered cyclic amide) rings is 1. The number of thioether (sulfide) groups is 2. The molecule has 7 nitrogen and oxygen atoms in total. The van der Waals surface area contributed by atoms with Gasteiger partial charge in [0.1, 0.15) is 5.70 Å². The summed E-state index contributed by atoms with van der Waals surface area (Å²) in [4.78, 5) is 28.5. The van der Waals surface area contributed by atoms with Crippen LogP contribution in [0.4, 0.5) is 0 Å². The van der Waals surface area contributed by atoms with E-state index < -0.39 is 5.97 Å². The first-order valence-electron chi connectivity index (χ1n) is 6.69. The number of aliphatic carboxylic acids is 1. The highest BCUT2D eigenvalue weighted by atomic mass is 32.2. The van der Waals surface area contributed by atoms with E-state index in [1.165, 1.54) is 16.7 Å². The molecule has 0 saturated carbocycles. The number of fused-ring (bicyclic) bond motifs is 1. The van der Waals surface area contributed by atoms with Crippen LogP contribution in [0.25, 0.3) is 0 Å². The zero-order valence-corrected chi connectivity index (χ0v) is 13.6. The third kappa shape index (κ3) is 2.82. The number of hydrogen-bond acceptors (Lipinski definition) is 7. The van der Waals surface area contributed by atoms with Gasteiger partial charge < -0.3 is 5.11 Å². The molecule has 22 heavy (non-hydrogen) atoms. The molecular weight excluding hydrogens is 324 g/mol. The van der Waals surface area contributed by atoms with Crippen LogP contribution in [-0.4, -0.2) is 53.4 Å². The minimum Gasteiger partial charge on any atom is -0.477 e. The van der Waals surface area contributed by atoms with Crippen LogP contribution >= 0.6 is 23.5 Å². The third-order valence-electron chi connectivity index (χ3n) is 3.51. The van der Waals surface area contributed by atoms with Crippen molar-refractivity contribution in [3.05, 3.63) is 23.2 Å². The molecule has 9 heteroatoms. The number of aryl methyl sites for hydroxylation is 2. The van der Waals surface area contributed by atoms with Gasteiger partial charge in [-0.05, 0) is 19.9 Å². The number of hydrogen-bond donors (Lipinski definition) is 1. The molecule has 0 bridgehead atoms. The molecule has 1 amide bonds. The average Bonchev–Trinajstić information content (AvgIpc) is 2.46. The molecule has 2 aliphatic heterocycles. The highest BCUT2D eigenvalue weighted by Gasteiger charge is 2.45. The van der Waals surface area contributed by atoms with Gasteiger partial charge in [-0.2, -0.15) is 5.10 Å². The normalized spacial score (nSPS) is 23.6. The highest BCUT2D eigenvalue weighted by molar-refractivity contribution is 8.03. The molecule has 3 heterocycles. The van der Waals surface area contributed by atoms with Crippen LogP contribution in [0.2, 0.25) is 0 Å². The largest absolute Gasteiger partial charge is 0.477 e. The first-order chi connectivity index (χ1) is 10.5. The molecular formula is C13H14N4O3S2. The van der Waals surface area contributed by atoms with Gasteiger partial charge in [-0.15, -0.1) is 16.9 Å². The second-order valence-corrected chi connectivity index (χ2v) is 7.44. The van der Waals surface area contributed by atoms with Crippen molar-refractivity contribution in [1.29, 1.82) is 0 Å². The second-order valence-electron chi connectivity index (χ2n) is 5.03. The monoisotopic (exact) mass is 338 g/mol. The Morgan fingerprint density at radius 2 is 2.23 bits per heavy atom. The van der Waals surface area contributed by atoms with Gasteiger partial charge in [0.2, 0.25) is 11.1 Å². The Morgan fingerprint density at radius 3 is 2.86 bits per heavy atom. The van der Waals surface area contributed by atoms with Gasteiger partial charge >= 0.3 is 5.97 Å². The van der Waals surface area contributed by atoms with E-state index >= 15 is 0 Å². The standard InChI is InChI=1S/C13H14N4O3S2/c1-6-7(2)15-16-13(14-6)21-5-8-3-9(12(19)20)17-10(18)4-11(17)22-8/h3,8,11H,4-5H2,1-2H3,(H,19,20)/t8?,11-/m1/s1. The van der Waals surface area contributed by atoms with Crippen molar-refractivity contribution in [2.75, 3.05) is 5.75 Å². The second kappa shape index (κ2) is 5.88. The van der Waals surface area contributed by atoms with Crippen LogP contribution in [0.15, 0.2) is 16.9 Å². The Labute approximate surface area is 135 Å². The minimum absolute atomic E-state index is 0.00987. The van der Waals surface area contributed by atoms with E-state index in [0.717, 1.165) is 11.4 Å². The number of carbonyl (C=O) groups is 2. The molecule has 1 fully saturated rings. The lowest BCUT2D eigenvalue weighted by Crippen LogP contribution is -2.54. The Balaban J connectivity index is 1.70. The van der Waals surface area contributed by atoms with Gasteiger partial charge in [0.25, 0.3) is 0 Å². The van der Waals surface area contributed by atoms with E-state index in [-0.39, 0.29) is 22.2 Å². The summed E-state index contributed by atoms with van der Waals surface area (Å²) in [7, 11) is 0. The summed E-state index contributed by atoms with van der Waals surface area (Å²) in [6.45, 7) is 3.73. The molecule has 1 aromatic rings. The summed E-state index contributed by atoms with van der Waals surface area (Å²) in [5.41, 5.74) is 1.73. The molecule has 116 valence electrons. The lowest BCUT2D eigenvalue weighted by Gasteiger charge is -2.44. The van der Waals surface area contributed by atoms with Crippen LogP contribution in [0.3, 0.4) is 0 Å². The molecule has 1 N–H and O–H groups in total. The fourth-order valence-electron chi connectivity index (χ4n) is 2.20. The fourth-order valence-corrected chi connectivity index (χ4v) is 4.63. The van der Waals surface area contributed by atoms with Crippen LogP contribution in [-0.2, 0) is 9.59 Å². The molecule has 1 aromatic heterocycles. The Morgan fingerprint density at radius 1 is 1.45 bits per heavy atom. The number of carboxylic acids is 1. The van der Waals surface area contributed by atoms with Gasteiger partial charge in [0.05, 0.1) is 23.2 Å². The van der Waals surface area contributed by atoms with Crippen molar-refractivity contribution >= 4 is 35.4 Å². The summed E-state index contributed by atoms with van der Waals surface area (Å²) >= 11 is 3.05.